The van der Waals surface area contributed by atoms with Crippen molar-refractivity contribution in [1.29, 1.82) is 5.26 Å². The predicted octanol–water partition coefficient (Wildman–Crippen LogP) is 3.35. The minimum atomic E-state index is 0.0559. The largest absolute Gasteiger partial charge is 0.485 e. The molecule has 2 rings (SSSR count). The van der Waals surface area contributed by atoms with E-state index in [2.05, 4.69) is 22.8 Å². The zero-order chi connectivity index (χ0) is 13.5. The zero-order valence-electron chi connectivity index (χ0n) is 10.8. The van der Waals surface area contributed by atoms with E-state index in [1.54, 1.807) is 23.5 Å². The average Bonchev–Trinajstić information content (AvgIpc) is 2.98. The first kappa shape index (κ1) is 13.6. The van der Waals surface area contributed by atoms with Crippen LogP contribution in [0, 0.1) is 11.3 Å². The molecule has 0 aliphatic heterocycles. The van der Waals surface area contributed by atoms with E-state index < -0.39 is 0 Å². The Labute approximate surface area is 117 Å². The van der Waals surface area contributed by atoms with Gasteiger partial charge in [0.05, 0.1) is 11.6 Å². The molecule has 0 spiro atoms. The van der Waals surface area contributed by atoms with Crippen LogP contribution in [0.5, 0.6) is 5.75 Å². The molecule has 0 amide bonds. The summed E-state index contributed by atoms with van der Waals surface area (Å²) < 4.78 is 6.02. The Morgan fingerprint density at radius 3 is 2.68 bits per heavy atom. The lowest BCUT2D eigenvalue weighted by Gasteiger charge is -2.18. The van der Waals surface area contributed by atoms with E-state index in [4.69, 9.17) is 10.00 Å². The summed E-state index contributed by atoms with van der Waals surface area (Å²) in [6, 6.07) is 13.5. The fourth-order valence-corrected chi connectivity index (χ4v) is 2.57. The molecule has 0 bridgehead atoms. The van der Waals surface area contributed by atoms with Crippen molar-refractivity contribution in [3.05, 3.63) is 52.2 Å². The Hall–Kier alpha value is -1.83. The molecular weight excluding hydrogens is 256 g/mol. The topological polar surface area (TPSA) is 45.0 Å². The molecule has 0 fully saturated rings. The third kappa shape index (κ3) is 3.82. The molecule has 19 heavy (non-hydrogen) atoms. The van der Waals surface area contributed by atoms with E-state index >= 15 is 0 Å². The lowest BCUT2D eigenvalue weighted by atomic mass is 10.2. The third-order valence-electron chi connectivity index (χ3n) is 2.78. The zero-order valence-corrected chi connectivity index (χ0v) is 11.6. The number of hydrogen-bond donors (Lipinski definition) is 1. The molecule has 0 unspecified atom stereocenters. The van der Waals surface area contributed by atoms with Crippen LogP contribution >= 0.6 is 11.3 Å². The highest BCUT2D eigenvalue weighted by Crippen LogP contribution is 2.27. The highest BCUT2D eigenvalue weighted by Gasteiger charge is 2.14. The number of benzene rings is 1. The quantitative estimate of drug-likeness (QED) is 0.877. The lowest BCUT2D eigenvalue weighted by Crippen LogP contribution is -2.15. The number of rotatable bonds is 6. The molecule has 0 radical (unpaired) electrons. The second-order valence-electron chi connectivity index (χ2n) is 4.15. The molecule has 4 heteroatoms. The Morgan fingerprint density at radius 2 is 2.11 bits per heavy atom. The van der Waals surface area contributed by atoms with Crippen LogP contribution in [0.15, 0.2) is 41.8 Å². The Morgan fingerprint density at radius 1 is 1.32 bits per heavy atom. The summed E-state index contributed by atoms with van der Waals surface area (Å²) in [5, 5.41) is 14.0. The highest BCUT2D eigenvalue weighted by molar-refractivity contribution is 7.10. The number of thiophene rings is 1. The maximum atomic E-state index is 8.78. The van der Waals surface area contributed by atoms with Gasteiger partial charge in [-0.3, -0.25) is 0 Å². The van der Waals surface area contributed by atoms with Crippen LogP contribution in [0.4, 0.5) is 0 Å². The second-order valence-corrected chi connectivity index (χ2v) is 5.13. The van der Waals surface area contributed by atoms with Crippen LogP contribution in [-0.2, 0) is 0 Å². The van der Waals surface area contributed by atoms with Crippen LogP contribution in [0.3, 0.4) is 0 Å². The molecular formula is C15H16N2OS. The number of nitrogens with one attached hydrogen (secondary N) is 1. The van der Waals surface area contributed by atoms with E-state index in [-0.39, 0.29) is 6.10 Å². The summed E-state index contributed by atoms with van der Waals surface area (Å²) in [5.74, 6) is 0.800. The van der Waals surface area contributed by atoms with Gasteiger partial charge >= 0.3 is 0 Å². The van der Waals surface area contributed by atoms with E-state index in [1.165, 1.54) is 4.88 Å². The van der Waals surface area contributed by atoms with Gasteiger partial charge in [0.2, 0.25) is 0 Å². The minimum Gasteiger partial charge on any atom is -0.485 e. The molecule has 1 aromatic heterocycles. The van der Waals surface area contributed by atoms with Gasteiger partial charge < -0.3 is 10.1 Å². The van der Waals surface area contributed by atoms with Crippen LogP contribution in [0.25, 0.3) is 0 Å². The van der Waals surface area contributed by atoms with Crippen molar-refractivity contribution >= 4 is 11.3 Å². The van der Waals surface area contributed by atoms with E-state index in [9.17, 15) is 0 Å². The van der Waals surface area contributed by atoms with Gasteiger partial charge in [-0.1, -0.05) is 6.07 Å². The predicted molar refractivity (Wildman–Crippen MR) is 77.4 cm³/mol. The fraction of sp³-hybridized carbons (Fsp3) is 0.267. The fourth-order valence-electron chi connectivity index (χ4n) is 1.78. The molecule has 0 saturated carbocycles. The lowest BCUT2D eigenvalue weighted by molar-refractivity contribution is 0.198. The smallest absolute Gasteiger partial charge is 0.134 e. The van der Waals surface area contributed by atoms with Gasteiger partial charge in [-0.15, -0.1) is 11.3 Å². The van der Waals surface area contributed by atoms with Gasteiger partial charge in [-0.05, 0) is 49.3 Å². The van der Waals surface area contributed by atoms with Gasteiger partial charge in [0, 0.05) is 11.3 Å². The van der Waals surface area contributed by atoms with Crippen molar-refractivity contribution in [2.75, 3.05) is 13.6 Å². The summed E-state index contributed by atoms with van der Waals surface area (Å²) in [5.41, 5.74) is 0.648. The van der Waals surface area contributed by atoms with Gasteiger partial charge in [0.15, 0.2) is 0 Å². The van der Waals surface area contributed by atoms with Crippen molar-refractivity contribution < 1.29 is 4.74 Å². The number of nitrogens with zero attached hydrogens (tertiary/aromatic N) is 1. The maximum Gasteiger partial charge on any atom is 0.134 e. The summed E-state index contributed by atoms with van der Waals surface area (Å²) in [7, 11) is 1.94. The highest BCUT2D eigenvalue weighted by atomic mass is 32.1. The number of ether oxygens (including phenoxy) is 1. The van der Waals surface area contributed by atoms with Crippen molar-refractivity contribution in [3.8, 4) is 11.8 Å². The Bertz CT molecular complexity index is 528. The molecule has 3 nitrogen and oxygen atoms in total. The SMILES string of the molecule is CNCC[C@H](Oc1ccc(C#N)cc1)c1cccs1. The van der Waals surface area contributed by atoms with Crippen LogP contribution in [-0.4, -0.2) is 13.6 Å². The molecule has 0 aliphatic rings. The van der Waals surface area contributed by atoms with Crippen molar-refractivity contribution in [3.63, 3.8) is 0 Å². The Balaban J connectivity index is 2.08. The minimum absolute atomic E-state index is 0.0559. The van der Waals surface area contributed by atoms with E-state index in [0.29, 0.717) is 5.56 Å². The third-order valence-corrected chi connectivity index (χ3v) is 3.74. The van der Waals surface area contributed by atoms with Crippen LogP contribution in [0.2, 0.25) is 0 Å². The number of hydrogen-bond acceptors (Lipinski definition) is 4. The van der Waals surface area contributed by atoms with Gasteiger partial charge in [-0.2, -0.15) is 5.26 Å². The summed E-state index contributed by atoms with van der Waals surface area (Å²) in [4.78, 5) is 1.22. The maximum absolute atomic E-state index is 8.78. The average molecular weight is 272 g/mol. The first-order valence-corrected chi connectivity index (χ1v) is 7.06. The van der Waals surface area contributed by atoms with Gasteiger partial charge in [0.25, 0.3) is 0 Å². The van der Waals surface area contributed by atoms with E-state index in [0.717, 1.165) is 18.7 Å². The first-order valence-electron chi connectivity index (χ1n) is 6.18. The molecule has 1 atom stereocenters. The summed E-state index contributed by atoms with van der Waals surface area (Å²) in [6.07, 6.45) is 0.970. The molecule has 0 saturated heterocycles. The number of nitriles is 1. The van der Waals surface area contributed by atoms with Gasteiger partial charge in [-0.25, -0.2) is 0 Å². The molecule has 2 aromatic rings. The monoisotopic (exact) mass is 272 g/mol. The molecule has 0 aliphatic carbocycles. The van der Waals surface area contributed by atoms with Crippen LogP contribution in [0.1, 0.15) is 23.0 Å². The molecule has 98 valence electrons. The second kappa shape index (κ2) is 6.93. The van der Waals surface area contributed by atoms with Crippen molar-refractivity contribution in [1.82, 2.24) is 5.32 Å². The molecule has 1 heterocycles. The van der Waals surface area contributed by atoms with Crippen molar-refractivity contribution in [2.24, 2.45) is 0 Å². The Kier molecular flexibility index (Phi) is 4.96. The van der Waals surface area contributed by atoms with Gasteiger partial charge in [0.1, 0.15) is 11.9 Å². The molecule has 1 N–H and O–H groups in total. The summed E-state index contributed by atoms with van der Waals surface area (Å²) >= 11 is 1.70. The van der Waals surface area contributed by atoms with Crippen LogP contribution < -0.4 is 10.1 Å². The normalized spacial score (nSPS) is 11.8. The molecule has 1 aromatic carbocycles. The summed E-state index contributed by atoms with van der Waals surface area (Å²) in [6.45, 7) is 0.902. The van der Waals surface area contributed by atoms with E-state index in [1.807, 2.05) is 25.2 Å². The van der Waals surface area contributed by atoms with Crippen molar-refractivity contribution in [2.45, 2.75) is 12.5 Å². The first-order chi connectivity index (χ1) is 9.33. The standard InChI is InChI=1S/C15H16N2OS/c1-17-9-8-14(15-3-2-10-19-15)18-13-6-4-12(11-16)5-7-13/h2-7,10,14,17H,8-9H2,1H3/t14-/m0/s1.